The molecular weight excluding hydrogens is 304 g/mol. The minimum absolute atomic E-state index is 0.211. The maximum Gasteiger partial charge on any atom is 0.192 e. The Labute approximate surface area is 121 Å². The average Bonchev–Trinajstić information content (AvgIpc) is 2.24. The summed E-state index contributed by atoms with van der Waals surface area (Å²) in [5.74, 6) is 0. The van der Waals surface area contributed by atoms with Gasteiger partial charge in [0.25, 0.3) is 0 Å². The van der Waals surface area contributed by atoms with Crippen LogP contribution in [0.3, 0.4) is 0 Å². The van der Waals surface area contributed by atoms with E-state index in [1.54, 1.807) is 0 Å². The predicted molar refractivity (Wildman–Crippen MR) is 85.5 cm³/mol. The Morgan fingerprint density at radius 3 is 2.33 bits per heavy atom. The Balaban J connectivity index is 2.93. The smallest absolute Gasteiger partial charge is 0.192 e. The zero-order valence-electron chi connectivity index (χ0n) is 12.4. The van der Waals surface area contributed by atoms with E-state index in [0.29, 0.717) is 0 Å². The Morgan fingerprint density at radius 1 is 1.28 bits per heavy atom. The van der Waals surface area contributed by atoms with Crippen LogP contribution in [0.4, 0.5) is 0 Å². The van der Waals surface area contributed by atoms with Crippen LogP contribution in [0.15, 0.2) is 28.7 Å². The quantitative estimate of drug-likeness (QED) is 0.623. The van der Waals surface area contributed by atoms with Gasteiger partial charge in [0.1, 0.15) is 0 Å². The van der Waals surface area contributed by atoms with Crippen molar-refractivity contribution in [2.24, 2.45) is 0 Å². The van der Waals surface area contributed by atoms with E-state index in [4.69, 9.17) is 4.43 Å². The molecule has 0 unspecified atom stereocenters. The molecule has 0 saturated carbocycles. The van der Waals surface area contributed by atoms with E-state index >= 15 is 0 Å². The van der Waals surface area contributed by atoms with Crippen molar-refractivity contribution in [3.63, 3.8) is 0 Å². The van der Waals surface area contributed by atoms with Gasteiger partial charge in [0, 0.05) is 4.47 Å². The van der Waals surface area contributed by atoms with Gasteiger partial charge in [-0.15, -0.1) is 0 Å². The maximum atomic E-state index is 6.51. The van der Waals surface area contributed by atoms with Gasteiger partial charge in [-0.25, -0.2) is 0 Å². The van der Waals surface area contributed by atoms with Crippen molar-refractivity contribution in [3.8, 4) is 0 Å². The molecule has 0 spiro atoms. The summed E-state index contributed by atoms with van der Waals surface area (Å²) in [6, 6.07) is 8.47. The van der Waals surface area contributed by atoms with Crippen LogP contribution in [0.2, 0.25) is 18.1 Å². The lowest BCUT2D eigenvalue weighted by Gasteiger charge is -2.39. The SMILES string of the molecule is CC[C@H](O[Si](C)(C)C(C)(C)C)c1cccc(Br)c1. The van der Waals surface area contributed by atoms with E-state index in [9.17, 15) is 0 Å². The van der Waals surface area contributed by atoms with Gasteiger partial charge in [-0.3, -0.25) is 0 Å². The number of rotatable bonds is 4. The molecule has 0 radical (unpaired) electrons. The third-order valence-electron chi connectivity index (χ3n) is 3.83. The molecule has 18 heavy (non-hydrogen) atoms. The van der Waals surface area contributed by atoms with Crippen molar-refractivity contribution in [2.45, 2.75) is 58.4 Å². The number of hydrogen-bond acceptors (Lipinski definition) is 1. The normalized spacial score (nSPS) is 14.6. The highest BCUT2D eigenvalue weighted by atomic mass is 79.9. The molecule has 1 nitrogen and oxygen atoms in total. The van der Waals surface area contributed by atoms with E-state index in [0.717, 1.165) is 10.9 Å². The van der Waals surface area contributed by atoms with E-state index < -0.39 is 8.32 Å². The molecule has 1 rings (SSSR count). The molecule has 0 aliphatic heterocycles. The molecule has 1 aromatic carbocycles. The highest BCUT2D eigenvalue weighted by molar-refractivity contribution is 9.10. The number of benzene rings is 1. The van der Waals surface area contributed by atoms with Gasteiger partial charge in [0.15, 0.2) is 8.32 Å². The fourth-order valence-electron chi connectivity index (χ4n) is 1.63. The van der Waals surface area contributed by atoms with E-state index in [-0.39, 0.29) is 11.1 Å². The van der Waals surface area contributed by atoms with Gasteiger partial charge in [0.05, 0.1) is 6.10 Å². The summed E-state index contributed by atoms with van der Waals surface area (Å²) >= 11 is 3.53. The van der Waals surface area contributed by atoms with Gasteiger partial charge in [-0.1, -0.05) is 55.8 Å². The molecule has 102 valence electrons. The first kappa shape index (κ1) is 15.9. The summed E-state index contributed by atoms with van der Waals surface area (Å²) in [4.78, 5) is 0. The van der Waals surface area contributed by atoms with Crippen molar-refractivity contribution in [3.05, 3.63) is 34.3 Å². The van der Waals surface area contributed by atoms with Crippen LogP contribution in [0.25, 0.3) is 0 Å². The molecule has 0 bridgehead atoms. The molecule has 0 aromatic heterocycles. The average molecular weight is 329 g/mol. The molecule has 0 N–H and O–H groups in total. The van der Waals surface area contributed by atoms with Crippen LogP contribution < -0.4 is 0 Å². The molecule has 0 aliphatic rings. The molecule has 0 aliphatic carbocycles. The van der Waals surface area contributed by atoms with Crippen molar-refractivity contribution in [1.29, 1.82) is 0 Å². The van der Waals surface area contributed by atoms with Crippen molar-refractivity contribution in [1.82, 2.24) is 0 Å². The monoisotopic (exact) mass is 328 g/mol. The van der Waals surface area contributed by atoms with Gasteiger partial charge >= 0.3 is 0 Å². The van der Waals surface area contributed by atoms with Crippen molar-refractivity contribution >= 4 is 24.2 Å². The van der Waals surface area contributed by atoms with Gasteiger partial charge in [-0.05, 0) is 42.2 Å². The highest BCUT2D eigenvalue weighted by Crippen LogP contribution is 2.40. The number of hydrogen-bond donors (Lipinski definition) is 0. The first-order valence-electron chi connectivity index (χ1n) is 6.60. The Morgan fingerprint density at radius 2 is 1.89 bits per heavy atom. The van der Waals surface area contributed by atoms with E-state index in [1.165, 1.54) is 5.56 Å². The fraction of sp³-hybridized carbons (Fsp3) is 0.600. The third kappa shape index (κ3) is 3.94. The second-order valence-electron chi connectivity index (χ2n) is 6.33. The van der Waals surface area contributed by atoms with Crippen LogP contribution in [-0.2, 0) is 4.43 Å². The Kier molecular flexibility index (Phi) is 5.21. The summed E-state index contributed by atoms with van der Waals surface area (Å²) in [7, 11) is -1.70. The first-order valence-corrected chi connectivity index (χ1v) is 10.3. The largest absolute Gasteiger partial charge is 0.410 e. The van der Waals surface area contributed by atoms with Crippen molar-refractivity contribution < 1.29 is 4.43 Å². The van der Waals surface area contributed by atoms with Gasteiger partial charge in [-0.2, -0.15) is 0 Å². The van der Waals surface area contributed by atoms with Crippen molar-refractivity contribution in [2.75, 3.05) is 0 Å². The molecule has 1 aromatic rings. The van der Waals surface area contributed by atoms with Crippen LogP contribution in [0, 0.1) is 0 Å². The van der Waals surface area contributed by atoms with Crippen LogP contribution in [-0.4, -0.2) is 8.32 Å². The van der Waals surface area contributed by atoms with E-state index in [2.05, 4.69) is 81.0 Å². The second-order valence-corrected chi connectivity index (χ2v) is 12.0. The minimum Gasteiger partial charge on any atom is -0.410 e. The van der Waals surface area contributed by atoms with Crippen LogP contribution in [0.5, 0.6) is 0 Å². The molecule has 0 saturated heterocycles. The molecule has 1 atom stereocenters. The first-order chi connectivity index (χ1) is 8.17. The molecule has 0 heterocycles. The minimum atomic E-state index is -1.70. The maximum absolute atomic E-state index is 6.51. The highest BCUT2D eigenvalue weighted by Gasteiger charge is 2.39. The summed E-state index contributed by atoms with van der Waals surface area (Å²) in [5.41, 5.74) is 1.27. The van der Waals surface area contributed by atoms with Gasteiger partial charge < -0.3 is 4.43 Å². The predicted octanol–water partition coefficient (Wildman–Crippen LogP) is 5.92. The standard InChI is InChI=1S/C15H25BrOSi/c1-7-14(12-9-8-10-13(16)11-12)17-18(5,6)15(2,3)4/h8-11,14H,7H2,1-6H3/t14-/m0/s1. The zero-order chi connectivity index (χ0) is 14.0. The summed E-state index contributed by atoms with van der Waals surface area (Å²) in [5, 5.41) is 0.256. The lowest BCUT2D eigenvalue weighted by molar-refractivity contribution is 0.179. The molecule has 0 amide bonds. The number of halogens is 1. The topological polar surface area (TPSA) is 9.23 Å². The fourth-order valence-corrected chi connectivity index (χ4v) is 3.41. The second kappa shape index (κ2) is 5.89. The van der Waals surface area contributed by atoms with E-state index in [1.807, 2.05) is 0 Å². The summed E-state index contributed by atoms with van der Waals surface area (Å²) < 4.78 is 7.63. The molecular formula is C15H25BrOSi. The summed E-state index contributed by atoms with van der Waals surface area (Å²) in [6.45, 7) is 13.7. The third-order valence-corrected chi connectivity index (χ3v) is 8.81. The van der Waals surface area contributed by atoms with Crippen LogP contribution in [0.1, 0.15) is 45.8 Å². The molecule has 0 fully saturated rings. The molecule has 3 heteroatoms. The lowest BCUT2D eigenvalue weighted by atomic mass is 10.1. The lowest BCUT2D eigenvalue weighted by Crippen LogP contribution is -2.41. The Bertz CT molecular complexity index is 396. The summed E-state index contributed by atoms with van der Waals surface area (Å²) in [6.07, 6.45) is 1.23. The Hall–Kier alpha value is -0.123. The van der Waals surface area contributed by atoms with Crippen LogP contribution >= 0.6 is 15.9 Å². The zero-order valence-corrected chi connectivity index (χ0v) is 15.0. The van der Waals surface area contributed by atoms with Gasteiger partial charge in [0.2, 0.25) is 0 Å².